The Morgan fingerprint density at radius 2 is 1.21 bits per heavy atom. The fraction of sp³-hybridized carbons (Fsp3) is 0.261. The minimum Gasteiger partial charge on any atom is -0.465 e. The molecule has 0 atom stereocenters. The van der Waals surface area contributed by atoms with E-state index in [0.29, 0.717) is 22.5 Å². The van der Waals surface area contributed by atoms with Crippen LogP contribution in [0.4, 0.5) is 11.4 Å². The van der Waals surface area contributed by atoms with Gasteiger partial charge in [-0.2, -0.15) is 0 Å². The molecule has 33 heavy (non-hydrogen) atoms. The number of methoxy groups -OCH3 is 1. The molecular formula is C23H24N2O8. The van der Waals surface area contributed by atoms with Gasteiger partial charge >= 0.3 is 17.9 Å². The Morgan fingerprint density at radius 3 is 1.73 bits per heavy atom. The van der Waals surface area contributed by atoms with Crippen LogP contribution >= 0.6 is 0 Å². The Kier molecular flexibility index (Phi) is 9.56. The number of ether oxygens (including phenoxy) is 3. The number of anilines is 2. The van der Waals surface area contributed by atoms with Gasteiger partial charge in [0.05, 0.1) is 31.3 Å². The van der Waals surface area contributed by atoms with Crippen molar-refractivity contribution in [1.82, 2.24) is 0 Å². The Bertz CT molecular complexity index is 1000. The summed E-state index contributed by atoms with van der Waals surface area (Å²) < 4.78 is 14.3. The SMILES string of the molecule is CCOC(=O)c1ccc(NC(=O)COC(=O)CCC(=O)Nc2ccc(C(=O)OC)cc2)cc1. The number of rotatable bonds is 10. The molecule has 2 aromatic rings. The highest BCUT2D eigenvalue weighted by atomic mass is 16.5. The first kappa shape index (κ1) is 25.1. The third-order valence-electron chi connectivity index (χ3n) is 4.19. The molecule has 0 saturated carbocycles. The van der Waals surface area contributed by atoms with Gasteiger partial charge in [0.1, 0.15) is 0 Å². The number of hydrogen-bond acceptors (Lipinski definition) is 8. The Hall–Kier alpha value is -4.21. The zero-order chi connectivity index (χ0) is 24.2. The van der Waals surface area contributed by atoms with Crippen LogP contribution in [-0.4, -0.2) is 50.0 Å². The van der Waals surface area contributed by atoms with Crippen LogP contribution < -0.4 is 10.6 Å². The van der Waals surface area contributed by atoms with Crippen LogP contribution in [0.1, 0.15) is 40.5 Å². The molecule has 2 amide bonds. The summed E-state index contributed by atoms with van der Waals surface area (Å²) in [6, 6.07) is 12.1. The molecule has 2 aromatic carbocycles. The summed E-state index contributed by atoms with van der Waals surface area (Å²) in [5.74, 6) is -2.66. The van der Waals surface area contributed by atoms with Gasteiger partial charge in [-0.1, -0.05) is 0 Å². The summed E-state index contributed by atoms with van der Waals surface area (Å²) in [5, 5.41) is 5.12. The largest absolute Gasteiger partial charge is 0.465 e. The average Bonchev–Trinajstić information content (AvgIpc) is 2.82. The zero-order valence-electron chi connectivity index (χ0n) is 18.2. The molecule has 0 spiro atoms. The van der Waals surface area contributed by atoms with Crippen molar-refractivity contribution < 1.29 is 38.2 Å². The van der Waals surface area contributed by atoms with E-state index >= 15 is 0 Å². The minimum absolute atomic E-state index is 0.144. The molecule has 0 aliphatic heterocycles. The average molecular weight is 456 g/mol. The second-order valence-corrected chi connectivity index (χ2v) is 6.62. The first-order chi connectivity index (χ1) is 15.8. The van der Waals surface area contributed by atoms with Crippen LogP contribution in [0.2, 0.25) is 0 Å². The summed E-state index contributed by atoms with van der Waals surface area (Å²) in [5.41, 5.74) is 1.56. The maximum Gasteiger partial charge on any atom is 0.338 e. The van der Waals surface area contributed by atoms with Crippen molar-refractivity contribution in [2.24, 2.45) is 0 Å². The van der Waals surface area contributed by atoms with E-state index in [1.165, 1.54) is 55.6 Å². The van der Waals surface area contributed by atoms with E-state index in [9.17, 15) is 24.0 Å². The highest BCUT2D eigenvalue weighted by molar-refractivity contribution is 5.96. The number of benzene rings is 2. The number of hydrogen-bond donors (Lipinski definition) is 2. The van der Waals surface area contributed by atoms with Crippen LogP contribution in [0.15, 0.2) is 48.5 Å². The molecule has 10 heteroatoms. The summed E-state index contributed by atoms with van der Waals surface area (Å²) in [7, 11) is 1.27. The maximum absolute atomic E-state index is 12.0. The van der Waals surface area contributed by atoms with Crippen molar-refractivity contribution in [1.29, 1.82) is 0 Å². The van der Waals surface area contributed by atoms with E-state index in [4.69, 9.17) is 9.47 Å². The first-order valence-electron chi connectivity index (χ1n) is 10.0. The van der Waals surface area contributed by atoms with Crippen molar-refractivity contribution >= 4 is 41.1 Å². The molecule has 2 N–H and O–H groups in total. The number of esters is 3. The number of carbonyl (C=O) groups is 5. The lowest BCUT2D eigenvalue weighted by molar-refractivity contribution is -0.147. The van der Waals surface area contributed by atoms with Crippen LogP contribution in [0.5, 0.6) is 0 Å². The fourth-order valence-electron chi connectivity index (χ4n) is 2.57. The van der Waals surface area contributed by atoms with Gasteiger partial charge < -0.3 is 24.8 Å². The van der Waals surface area contributed by atoms with Crippen LogP contribution in [0.25, 0.3) is 0 Å². The molecule has 0 fully saturated rings. The van der Waals surface area contributed by atoms with Crippen molar-refractivity contribution in [3.63, 3.8) is 0 Å². The highest BCUT2D eigenvalue weighted by Crippen LogP contribution is 2.12. The second kappa shape index (κ2) is 12.6. The van der Waals surface area contributed by atoms with Gasteiger partial charge in [-0.25, -0.2) is 9.59 Å². The standard InChI is InChI=1S/C23H24N2O8/c1-3-32-23(30)16-6-10-18(11-7-16)25-20(27)14-33-21(28)13-12-19(26)24-17-8-4-15(5-9-17)22(29)31-2/h4-11H,3,12-14H2,1-2H3,(H,24,26)(H,25,27). The quantitative estimate of drug-likeness (QED) is 0.411. The summed E-state index contributed by atoms with van der Waals surface area (Å²) in [6.07, 6.45) is -0.359. The second-order valence-electron chi connectivity index (χ2n) is 6.62. The Morgan fingerprint density at radius 1 is 0.697 bits per heavy atom. The molecule has 0 unspecified atom stereocenters. The normalized spacial score (nSPS) is 10.0. The van der Waals surface area contributed by atoms with Crippen LogP contribution in [0, 0.1) is 0 Å². The molecule has 10 nitrogen and oxygen atoms in total. The monoisotopic (exact) mass is 456 g/mol. The molecule has 0 radical (unpaired) electrons. The third-order valence-corrected chi connectivity index (χ3v) is 4.19. The topological polar surface area (TPSA) is 137 Å². The molecule has 0 aliphatic carbocycles. The lowest BCUT2D eigenvalue weighted by Crippen LogP contribution is -2.21. The summed E-state index contributed by atoms with van der Waals surface area (Å²) in [4.78, 5) is 58.7. The molecular weight excluding hydrogens is 432 g/mol. The van der Waals surface area contributed by atoms with Gasteiger partial charge in [0, 0.05) is 17.8 Å². The van der Waals surface area contributed by atoms with Gasteiger partial charge in [-0.15, -0.1) is 0 Å². The van der Waals surface area contributed by atoms with Crippen LogP contribution in [0.3, 0.4) is 0 Å². The van der Waals surface area contributed by atoms with E-state index in [0.717, 1.165) is 0 Å². The molecule has 174 valence electrons. The van der Waals surface area contributed by atoms with Crippen molar-refractivity contribution in [3.8, 4) is 0 Å². The highest BCUT2D eigenvalue weighted by Gasteiger charge is 2.12. The Labute approximate surface area is 190 Å². The minimum atomic E-state index is -0.709. The number of nitrogens with one attached hydrogen (secondary N) is 2. The van der Waals surface area contributed by atoms with Crippen LogP contribution in [-0.2, 0) is 28.6 Å². The molecule has 2 rings (SSSR count). The molecule has 0 heterocycles. The Balaban J connectivity index is 1.69. The number of amides is 2. The smallest absolute Gasteiger partial charge is 0.338 e. The summed E-state index contributed by atoms with van der Waals surface area (Å²) >= 11 is 0. The zero-order valence-corrected chi connectivity index (χ0v) is 18.2. The first-order valence-corrected chi connectivity index (χ1v) is 10.0. The fourth-order valence-corrected chi connectivity index (χ4v) is 2.57. The van der Waals surface area contributed by atoms with Crippen molar-refractivity contribution in [3.05, 3.63) is 59.7 Å². The summed E-state index contributed by atoms with van der Waals surface area (Å²) in [6.45, 7) is 1.44. The van der Waals surface area contributed by atoms with E-state index in [2.05, 4.69) is 15.4 Å². The van der Waals surface area contributed by atoms with E-state index < -0.39 is 36.3 Å². The van der Waals surface area contributed by atoms with Gasteiger partial charge in [-0.3, -0.25) is 14.4 Å². The number of carbonyl (C=O) groups excluding carboxylic acids is 5. The van der Waals surface area contributed by atoms with Gasteiger partial charge in [0.25, 0.3) is 5.91 Å². The van der Waals surface area contributed by atoms with Crippen molar-refractivity contribution in [2.75, 3.05) is 31.0 Å². The lowest BCUT2D eigenvalue weighted by atomic mass is 10.2. The molecule has 0 aromatic heterocycles. The third kappa shape index (κ3) is 8.44. The molecule has 0 bridgehead atoms. The lowest BCUT2D eigenvalue weighted by Gasteiger charge is -2.08. The molecule has 0 saturated heterocycles. The predicted molar refractivity (Wildman–Crippen MR) is 118 cm³/mol. The molecule has 0 aliphatic rings. The van der Waals surface area contributed by atoms with Crippen molar-refractivity contribution in [2.45, 2.75) is 19.8 Å². The maximum atomic E-state index is 12.0. The van der Waals surface area contributed by atoms with Gasteiger partial charge in [-0.05, 0) is 55.5 Å². The predicted octanol–water partition coefficient (Wildman–Crippen LogP) is 2.55. The van der Waals surface area contributed by atoms with Gasteiger partial charge in [0.15, 0.2) is 6.61 Å². The van der Waals surface area contributed by atoms with E-state index in [1.54, 1.807) is 6.92 Å². The van der Waals surface area contributed by atoms with E-state index in [1.807, 2.05) is 0 Å². The van der Waals surface area contributed by atoms with E-state index in [-0.39, 0.29) is 19.4 Å². The van der Waals surface area contributed by atoms with Gasteiger partial charge in [0.2, 0.25) is 5.91 Å².